The van der Waals surface area contributed by atoms with Gasteiger partial charge in [0, 0.05) is 18.0 Å². The standard InChI is InChI=1S/C15H20N2O/c1-3-12-5-8-14(9-6-12)17-15(18)10-7-13(4-2)11-16/h5-6,8-9,13H,3-4,7,10H2,1-2H3,(H,17,18). The van der Waals surface area contributed by atoms with Gasteiger partial charge in [0.1, 0.15) is 0 Å². The van der Waals surface area contributed by atoms with Crippen LogP contribution in [0.1, 0.15) is 38.7 Å². The Morgan fingerprint density at radius 2 is 2.00 bits per heavy atom. The summed E-state index contributed by atoms with van der Waals surface area (Å²) in [6.45, 7) is 4.07. The minimum Gasteiger partial charge on any atom is -0.326 e. The zero-order valence-electron chi connectivity index (χ0n) is 11.1. The quantitative estimate of drug-likeness (QED) is 0.832. The monoisotopic (exact) mass is 244 g/mol. The van der Waals surface area contributed by atoms with Gasteiger partial charge in [-0.15, -0.1) is 0 Å². The van der Waals surface area contributed by atoms with Crippen LogP contribution in [0.15, 0.2) is 24.3 Å². The average molecular weight is 244 g/mol. The Balaban J connectivity index is 2.42. The van der Waals surface area contributed by atoms with E-state index in [4.69, 9.17) is 5.26 Å². The normalized spacial score (nSPS) is 11.6. The minimum atomic E-state index is -0.0204. The Labute approximate surface area is 109 Å². The SMILES string of the molecule is CCc1ccc(NC(=O)CCC(C#N)CC)cc1. The third-order valence-corrected chi connectivity index (χ3v) is 3.04. The lowest BCUT2D eigenvalue weighted by Crippen LogP contribution is -2.12. The lowest BCUT2D eigenvalue weighted by molar-refractivity contribution is -0.116. The van der Waals surface area contributed by atoms with Gasteiger partial charge in [0.15, 0.2) is 0 Å². The molecule has 0 bridgehead atoms. The minimum absolute atomic E-state index is 0.0155. The van der Waals surface area contributed by atoms with Crippen molar-refractivity contribution >= 4 is 11.6 Å². The Morgan fingerprint density at radius 1 is 1.33 bits per heavy atom. The molecule has 0 radical (unpaired) electrons. The van der Waals surface area contributed by atoms with Gasteiger partial charge in [0.25, 0.3) is 0 Å². The summed E-state index contributed by atoms with van der Waals surface area (Å²) in [6.07, 6.45) is 2.83. The molecule has 1 aromatic rings. The number of hydrogen-bond acceptors (Lipinski definition) is 2. The number of benzene rings is 1. The molecule has 0 aliphatic rings. The predicted molar refractivity (Wildman–Crippen MR) is 73.1 cm³/mol. The number of hydrogen-bond donors (Lipinski definition) is 1. The second-order valence-electron chi connectivity index (χ2n) is 4.37. The molecule has 0 aliphatic carbocycles. The van der Waals surface area contributed by atoms with E-state index in [1.165, 1.54) is 5.56 Å². The van der Waals surface area contributed by atoms with Crippen molar-refractivity contribution in [2.24, 2.45) is 5.92 Å². The smallest absolute Gasteiger partial charge is 0.224 e. The van der Waals surface area contributed by atoms with Crippen molar-refractivity contribution in [1.82, 2.24) is 0 Å². The van der Waals surface area contributed by atoms with Crippen molar-refractivity contribution in [3.63, 3.8) is 0 Å². The molecule has 1 amide bonds. The highest BCUT2D eigenvalue weighted by atomic mass is 16.1. The molecule has 1 atom stereocenters. The maximum Gasteiger partial charge on any atom is 0.224 e. The highest BCUT2D eigenvalue weighted by molar-refractivity contribution is 5.90. The van der Waals surface area contributed by atoms with Gasteiger partial charge in [-0.25, -0.2) is 0 Å². The summed E-state index contributed by atoms with van der Waals surface area (Å²) in [5.74, 6) is -0.0360. The van der Waals surface area contributed by atoms with Crippen LogP contribution in [0.3, 0.4) is 0 Å². The third-order valence-electron chi connectivity index (χ3n) is 3.04. The summed E-state index contributed by atoms with van der Waals surface area (Å²) in [7, 11) is 0. The van der Waals surface area contributed by atoms with E-state index in [0.29, 0.717) is 12.8 Å². The summed E-state index contributed by atoms with van der Waals surface area (Å²) in [6, 6.07) is 10.1. The van der Waals surface area contributed by atoms with Crippen LogP contribution in [0.2, 0.25) is 0 Å². The van der Waals surface area contributed by atoms with Gasteiger partial charge in [0.2, 0.25) is 5.91 Å². The van der Waals surface area contributed by atoms with Gasteiger partial charge in [-0.1, -0.05) is 26.0 Å². The Bertz CT molecular complexity index is 417. The molecule has 0 saturated carbocycles. The number of nitriles is 1. The van der Waals surface area contributed by atoms with Crippen LogP contribution >= 0.6 is 0 Å². The fourth-order valence-electron chi connectivity index (χ4n) is 1.71. The number of anilines is 1. The van der Waals surface area contributed by atoms with Gasteiger partial charge in [0.05, 0.1) is 6.07 Å². The van der Waals surface area contributed by atoms with Gasteiger partial charge < -0.3 is 5.32 Å². The molecule has 3 heteroatoms. The van der Waals surface area contributed by atoms with Crippen molar-refractivity contribution in [1.29, 1.82) is 5.26 Å². The van der Waals surface area contributed by atoms with Crippen molar-refractivity contribution < 1.29 is 4.79 Å². The van der Waals surface area contributed by atoms with Crippen LogP contribution in [0.25, 0.3) is 0 Å². The number of aryl methyl sites for hydroxylation is 1. The summed E-state index contributed by atoms with van der Waals surface area (Å²) < 4.78 is 0. The lowest BCUT2D eigenvalue weighted by atomic mass is 10.0. The number of carbonyl (C=O) groups excluding carboxylic acids is 1. The molecule has 1 aromatic carbocycles. The van der Waals surface area contributed by atoms with E-state index in [2.05, 4.69) is 18.3 Å². The molecule has 1 unspecified atom stereocenters. The zero-order valence-corrected chi connectivity index (χ0v) is 11.1. The lowest BCUT2D eigenvalue weighted by Gasteiger charge is -2.07. The number of nitrogens with one attached hydrogen (secondary N) is 1. The van der Waals surface area contributed by atoms with Crippen LogP contribution in [-0.2, 0) is 11.2 Å². The van der Waals surface area contributed by atoms with Crippen LogP contribution in [0.5, 0.6) is 0 Å². The average Bonchev–Trinajstić information content (AvgIpc) is 2.41. The van der Waals surface area contributed by atoms with Gasteiger partial charge in [-0.05, 0) is 37.0 Å². The van der Waals surface area contributed by atoms with Gasteiger partial charge in [-0.2, -0.15) is 5.26 Å². The molecule has 0 aliphatic heterocycles. The Kier molecular flexibility index (Phi) is 5.93. The molecule has 0 spiro atoms. The van der Waals surface area contributed by atoms with Crippen LogP contribution in [0.4, 0.5) is 5.69 Å². The Morgan fingerprint density at radius 3 is 2.50 bits per heavy atom. The van der Waals surface area contributed by atoms with Crippen molar-refractivity contribution in [3.8, 4) is 6.07 Å². The van der Waals surface area contributed by atoms with Crippen molar-refractivity contribution in [2.45, 2.75) is 39.5 Å². The first-order chi connectivity index (χ1) is 8.69. The van der Waals surface area contributed by atoms with E-state index < -0.39 is 0 Å². The largest absolute Gasteiger partial charge is 0.326 e. The highest BCUT2D eigenvalue weighted by Gasteiger charge is 2.08. The number of nitrogens with zero attached hydrogens (tertiary/aromatic N) is 1. The number of amides is 1. The summed E-state index contributed by atoms with van der Waals surface area (Å²) in [5.41, 5.74) is 2.07. The molecule has 0 fully saturated rings. The first-order valence-corrected chi connectivity index (χ1v) is 6.48. The summed E-state index contributed by atoms with van der Waals surface area (Å²) in [5, 5.41) is 11.7. The molecule has 3 nitrogen and oxygen atoms in total. The van der Waals surface area contributed by atoms with Crippen LogP contribution < -0.4 is 5.32 Å². The maximum absolute atomic E-state index is 11.7. The molecule has 0 saturated heterocycles. The van der Waals surface area contributed by atoms with E-state index in [1.54, 1.807) is 0 Å². The molecule has 1 rings (SSSR count). The Hall–Kier alpha value is -1.82. The van der Waals surface area contributed by atoms with E-state index in [0.717, 1.165) is 18.5 Å². The zero-order chi connectivity index (χ0) is 13.4. The molecule has 1 N–H and O–H groups in total. The molecule has 0 aromatic heterocycles. The predicted octanol–water partition coefficient (Wildman–Crippen LogP) is 3.52. The number of rotatable bonds is 6. The third kappa shape index (κ3) is 4.58. The second-order valence-corrected chi connectivity index (χ2v) is 4.37. The van der Waals surface area contributed by atoms with E-state index in [1.807, 2.05) is 31.2 Å². The summed E-state index contributed by atoms with van der Waals surface area (Å²) >= 11 is 0. The van der Waals surface area contributed by atoms with E-state index >= 15 is 0 Å². The second kappa shape index (κ2) is 7.50. The fourth-order valence-corrected chi connectivity index (χ4v) is 1.71. The van der Waals surface area contributed by atoms with E-state index in [9.17, 15) is 4.79 Å². The number of carbonyl (C=O) groups is 1. The molecular formula is C15H20N2O. The van der Waals surface area contributed by atoms with Gasteiger partial charge >= 0.3 is 0 Å². The van der Waals surface area contributed by atoms with Crippen LogP contribution in [-0.4, -0.2) is 5.91 Å². The summed E-state index contributed by atoms with van der Waals surface area (Å²) in [4.78, 5) is 11.7. The van der Waals surface area contributed by atoms with Crippen molar-refractivity contribution in [3.05, 3.63) is 29.8 Å². The first-order valence-electron chi connectivity index (χ1n) is 6.48. The topological polar surface area (TPSA) is 52.9 Å². The fraction of sp³-hybridized carbons (Fsp3) is 0.467. The van der Waals surface area contributed by atoms with Crippen molar-refractivity contribution in [2.75, 3.05) is 5.32 Å². The first kappa shape index (κ1) is 14.2. The maximum atomic E-state index is 11.7. The molecule has 0 heterocycles. The van der Waals surface area contributed by atoms with Gasteiger partial charge in [-0.3, -0.25) is 4.79 Å². The van der Waals surface area contributed by atoms with Crippen LogP contribution in [0, 0.1) is 17.2 Å². The molecule has 18 heavy (non-hydrogen) atoms. The molecule has 96 valence electrons. The highest BCUT2D eigenvalue weighted by Crippen LogP contribution is 2.13. The molecular weight excluding hydrogens is 224 g/mol. The van der Waals surface area contributed by atoms with E-state index in [-0.39, 0.29) is 11.8 Å².